The molecule has 14 nitrogen and oxygen atoms in total. The summed E-state index contributed by atoms with van der Waals surface area (Å²) in [6.45, 7) is 8.35. The van der Waals surface area contributed by atoms with Crippen LogP contribution < -0.4 is 34.3 Å². The minimum absolute atomic E-state index is 0.00630. The Bertz CT molecular complexity index is 6040. The number of rotatable bonds is 23. The zero-order valence-corrected chi connectivity index (χ0v) is 77.2. The number of hydrogen-bond donors (Lipinski definition) is 0. The molecule has 16 aromatic rings. The number of anilines is 7. The molecular formula is C120H117N7O7. The summed E-state index contributed by atoms with van der Waals surface area (Å²) in [5.74, 6) is 0.276. The molecule has 0 aliphatic heterocycles. The first-order chi connectivity index (χ1) is 65.6. The van der Waals surface area contributed by atoms with Crippen molar-refractivity contribution in [3.63, 3.8) is 0 Å². The third kappa shape index (κ3) is 29.4. The molecule has 1 fully saturated rings. The van der Waals surface area contributed by atoms with Gasteiger partial charge in [-0.05, 0) is 225 Å². The lowest BCUT2D eigenvalue weighted by Gasteiger charge is -2.29. The van der Waals surface area contributed by atoms with Crippen molar-refractivity contribution in [3.8, 4) is 22.3 Å². The number of carbonyl (C=O) groups is 7. The predicted octanol–water partition coefficient (Wildman–Crippen LogP) is 27.7. The maximum atomic E-state index is 12.9. The van der Waals surface area contributed by atoms with Crippen LogP contribution in [0.25, 0.3) is 22.3 Å². The summed E-state index contributed by atoms with van der Waals surface area (Å²) in [5.41, 5.74) is 16.1. The van der Waals surface area contributed by atoms with Crippen molar-refractivity contribution in [2.24, 2.45) is 0 Å². The number of amides is 7. The number of nitrogens with zero attached hydrogens (tertiary/aromatic N) is 7. The van der Waals surface area contributed by atoms with Gasteiger partial charge in [0.15, 0.2) is 0 Å². The molecule has 134 heavy (non-hydrogen) atoms. The molecule has 1 aliphatic carbocycles. The lowest BCUT2D eigenvalue weighted by molar-refractivity contribution is 0.0970. The molecule has 1 aliphatic rings. The first-order valence-electron chi connectivity index (χ1n) is 45.7. The lowest BCUT2D eigenvalue weighted by Crippen LogP contribution is -2.39. The molecule has 0 saturated heterocycles. The van der Waals surface area contributed by atoms with Gasteiger partial charge in [-0.25, -0.2) is 0 Å². The van der Waals surface area contributed by atoms with E-state index in [2.05, 4.69) is 38.1 Å². The molecule has 0 spiro atoms. The van der Waals surface area contributed by atoms with Crippen LogP contribution in [0.5, 0.6) is 0 Å². The summed E-state index contributed by atoms with van der Waals surface area (Å²) in [6, 6.07) is 152. The van der Waals surface area contributed by atoms with Crippen LogP contribution in [0, 0.1) is 0 Å². The summed E-state index contributed by atoms with van der Waals surface area (Å²) in [6.07, 6.45) is 7.67. The molecule has 674 valence electrons. The fraction of sp³-hybridized carbons (Fsp3) is 0.142. The highest BCUT2D eigenvalue weighted by molar-refractivity contribution is 6.10. The first kappa shape index (κ1) is 98.4. The van der Waals surface area contributed by atoms with E-state index in [1.165, 1.54) is 18.4 Å². The molecule has 0 radical (unpaired) electrons. The molecule has 16 aromatic carbocycles. The Morgan fingerprint density at radius 3 is 0.716 bits per heavy atom. The third-order valence-electron chi connectivity index (χ3n) is 22.3. The van der Waals surface area contributed by atoms with E-state index in [1.54, 1.807) is 33.7 Å². The number of carbonyl (C=O) groups excluding carboxylic acids is 7. The molecular weight excluding hydrogens is 1650 g/mol. The Labute approximate surface area is 791 Å². The van der Waals surface area contributed by atoms with Crippen LogP contribution in [0.3, 0.4) is 0 Å². The minimum atomic E-state index is -0.0212. The molecule has 0 heterocycles. The maximum Gasteiger partial charge on any atom is 0.258 e. The van der Waals surface area contributed by atoms with Crippen molar-refractivity contribution < 1.29 is 33.6 Å². The second kappa shape index (κ2) is 53.7. The van der Waals surface area contributed by atoms with Crippen LogP contribution in [0.15, 0.2) is 473 Å². The molecule has 0 N–H and O–H groups in total. The highest BCUT2D eigenvalue weighted by Crippen LogP contribution is 2.32. The largest absolute Gasteiger partial charge is 0.311 e. The fourth-order valence-corrected chi connectivity index (χ4v) is 15.0. The van der Waals surface area contributed by atoms with Crippen molar-refractivity contribution in [1.82, 2.24) is 0 Å². The Hall–Kier alpha value is -16.2. The summed E-state index contributed by atoms with van der Waals surface area (Å²) in [4.78, 5) is 99.6. The number of benzene rings is 16. The molecule has 0 bridgehead atoms. The van der Waals surface area contributed by atoms with Gasteiger partial charge in [-0.15, -0.1) is 0 Å². The third-order valence-corrected chi connectivity index (χ3v) is 22.3. The molecule has 17 rings (SSSR count). The zero-order valence-electron chi connectivity index (χ0n) is 77.2. The normalized spacial score (nSPS) is 10.9. The standard InChI is InChI=1S/C26H21NO.C18H19NO.C17H19NO.C16H17NO.C15H15NO.2C14H13NO/c1-27(25-18-16-23(17-19-25)21-10-6-3-7-11-21)26(28)24-14-12-22(13-15-24)20-8-4-2-5-9-20;20-18(15-9-3-1-4-10-15)19(17-13-7-8-14-17)16-11-5-2-6-12-16;1-2-3-14-18(16-12-8-5-9-13-16)17(19)15-10-6-4-7-11-15;1-2-13-17(15-11-7-4-8-12-15)16(18)14-9-5-3-6-10-14;1-2-16(14-11-7-4-8-12-14)15(17)13-9-5-3-6-10-13;2*1-15(13-10-6-3-7-11-13)14(16)12-8-4-2-5-9-12/h2-19H,1H3;1-6,9-12,17H,7-8,13-14H2;4-13H,2-3,14H2,1H3;3-12H,2,13H2,1H3;3-12H,2H2,1H3;2*2-11H,1H3. The molecule has 7 amide bonds. The Morgan fingerprint density at radius 2 is 0.425 bits per heavy atom. The monoisotopic (exact) mass is 1770 g/mol. The van der Waals surface area contributed by atoms with E-state index >= 15 is 0 Å². The Morgan fingerprint density at radius 1 is 0.209 bits per heavy atom. The summed E-state index contributed by atoms with van der Waals surface area (Å²) >= 11 is 0. The summed E-state index contributed by atoms with van der Waals surface area (Å²) in [7, 11) is 5.38. The van der Waals surface area contributed by atoms with Gasteiger partial charge >= 0.3 is 0 Å². The Balaban J connectivity index is 0.000000152. The van der Waals surface area contributed by atoms with Crippen molar-refractivity contribution in [1.29, 1.82) is 0 Å². The smallest absolute Gasteiger partial charge is 0.258 e. The molecule has 0 atom stereocenters. The molecule has 14 heteroatoms. The van der Waals surface area contributed by atoms with Gasteiger partial charge in [-0.3, -0.25) is 33.6 Å². The summed E-state index contributed by atoms with van der Waals surface area (Å²) in [5, 5.41) is 0. The number of para-hydroxylation sites is 6. The van der Waals surface area contributed by atoms with Crippen molar-refractivity contribution >= 4 is 81.2 Å². The van der Waals surface area contributed by atoms with E-state index in [4.69, 9.17) is 0 Å². The van der Waals surface area contributed by atoms with E-state index in [1.807, 2.05) is 478 Å². The van der Waals surface area contributed by atoms with Gasteiger partial charge in [-0.2, -0.15) is 0 Å². The van der Waals surface area contributed by atoms with Crippen LogP contribution in [0.1, 0.15) is 138 Å². The topological polar surface area (TPSA) is 142 Å². The second-order valence-corrected chi connectivity index (χ2v) is 31.6. The summed E-state index contributed by atoms with van der Waals surface area (Å²) < 4.78 is 0. The quantitative estimate of drug-likeness (QED) is 0.0620. The van der Waals surface area contributed by atoms with Crippen LogP contribution in [-0.2, 0) is 0 Å². The number of hydrogen-bond acceptors (Lipinski definition) is 7. The van der Waals surface area contributed by atoms with E-state index in [-0.39, 0.29) is 41.4 Å². The Kier molecular flexibility index (Phi) is 39.4. The zero-order chi connectivity index (χ0) is 94.3. The average molecular weight is 1770 g/mol. The van der Waals surface area contributed by atoms with Gasteiger partial charge in [0.05, 0.1) is 0 Å². The van der Waals surface area contributed by atoms with Gasteiger partial charge in [0.2, 0.25) is 0 Å². The van der Waals surface area contributed by atoms with Crippen molar-refractivity contribution in [2.75, 3.05) is 75.1 Å². The van der Waals surface area contributed by atoms with Gasteiger partial charge in [-0.1, -0.05) is 336 Å². The molecule has 1 saturated carbocycles. The molecule has 0 unspecified atom stereocenters. The maximum absolute atomic E-state index is 12.9. The predicted molar refractivity (Wildman–Crippen MR) is 554 cm³/mol. The van der Waals surface area contributed by atoms with Crippen LogP contribution in [0.2, 0.25) is 0 Å². The van der Waals surface area contributed by atoms with Gasteiger partial charge in [0.1, 0.15) is 0 Å². The van der Waals surface area contributed by atoms with Crippen LogP contribution in [-0.4, -0.2) is 88.2 Å². The number of unbranched alkanes of at least 4 members (excludes halogenated alkanes) is 1. The van der Waals surface area contributed by atoms with Crippen LogP contribution >= 0.6 is 0 Å². The van der Waals surface area contributed by atoms with E-state index in [0.717, 1.165) is 124 Å². The van der Waals surface area contributed by atoms with Gasteiger partial charge < -0.3 is 34.3 Å². The van der Waals surface area contributed by atoms with Gasteiger partial charge in [0, 0.05) is 126 Å². The van der Waals surface area contributed by atoms with Crippen molar-refractivity contribution in [3.05, 3.63) is 512 Å². The van der Waals surface area contributed by atoms with E-state index < -0.39 is 0 Å². The van der Waals surface area contributed by atoms with Gasteiger partial charge in [0.25, 0.3) is 41.4 Å². The van der Waals surface area contributed by atoms with Crippen molar-refractivity contribution in [2.45, 2.75) is 71.8 Å². The van der Waals surface area contributed by atoms with E-state index in [0.29, 0.717) is 29.3 Å². The first-order valence-corrected chi connectivity index (χ1v) is 45.7. The fourth-order valence-electron chi connectivity index (χ4n) is 15.0. The lowest BCUT2D eigenvalue weighted by atomic mass is 10.0. The average Bonchev–Trinajstić information content (AvgIpc) is 1.42. The minimum Gasteiger partial charge on any atom is -0.311 e. The van der Waals surface area contributed by atoms with Crippen LogP contribution in [0.4, 0.5) is 39.8 Å². The SMILES string of the molecule is CCCCN(C(=O)c1ccccc1)c1ccccc1.CCCN(C(=O)c1ccccc1)c1ccccc1.CCN(C(=O)c1ccccc1)c1ccccc1.CN(C(=O)c1ccc(-c2ccccc2)cc1)c1ccc(-c2ccccc2)cc1.CN(C(=O)c1ccccc1)c1ccccc1.CN(C(=O)c1ccccc1)c1ccccc1.O=C(c1ccccc1)N(c1ccccc1)C1CCCC1. The second-order valence-electron chi connectivity index (χ2n) is 31.6. The highest BCUT2D eigenvalue weighted by atomic mass is 16.2. The highest BCUT2D eigenvalue weighted by Gasteiger charge is 2.29. The van der Waals surface area contributed by atoms with E-state index in [9.17, 15) is 33.6 Å². The molecule has 0 aromatic heterocycles.